The normalized spacial score (nSPS) is 13.9. The van der Waals surface area contributed by atoms with E-state index in [2.05, 4.69) is 39.5 Å². The summed E-state index contributed by atoms with van der Waals surface area (Å²) in [7, 11) is 0. The summed E-state index contributed by atoms with van der Waals surface area (Å²) in [5.74, 6) is 2.35. The number of hydrogen-bond donors (Lipinski definition) is 1. The van der Waals surface area contributed by atoms with Crippen LogP contribution in [0.3, 0.4) is 0 Å². The molecule has 0 radical (unpaired) electrons. The van der Waals surface area contributed by atoms with Crippen LogP contribution in [0.25, 0.3) is 0 Å². The van der Waals surface area contributed by atoms with Gasteiger partial charge < -0.3 is 10.6 Å². The smallest absolute Gasteiger partial charge is 0.000749 e. The summed E-state index contributed by atoms with van der Waals surface area (Å²) in [5, 5.41) is 0. The first-order valence-electron chi connectivity index (χ1n) is 7.38. The molecule has 0 saturated heterocycles. The monoisotopic (exact) mass is 242 g/mol. The van der Waals surface area contributed by atoms with Gasteiger partial charge in [0.05, 0.1) is 0 Å². The lowest BCUT2D eigenvalue weighted by atomic mass is 10.0. The van der Waals surface area contributed by atoms with E-state index < -0.39 is 0 Å². The highest BCUT2D eigenvalue weighted by atomic mass is 15.1. The Bertz CT molecular complexity index is 154. The fourth-order valence-corrected chi connectivity index (χ4v) is 1.99. The van der Waals surface area contributed by atoms with Gasteiger partial charge in [0.2, 0.25) is 0 Å². The van der Waals surface area contributed by atoms with Crippen LogP contribution in [-0.2, 0) is 0 Å². The minimum atomic E-state index is 0.735. The van der Waals surface area contributed by atoms with E-state index >= 15 is 0 Å². The Morgan fingerprint density at radius 1 is 0.824 bits per heavy atom. The Balaban J connectivity index is 4.00. The molecule has 0 saturated carbocycles. The minimum Gasteiger partial charge on any atom is -0.330 e. The first-order chi connectivity index (χ1) is 7.95. The molecule has 0 aromatic rings. The van der Waals surface area contributed by atoms with E-state index in [-0.39, 0.29) is 0 Å². The topological polar surface area (TPSA) is 29.3 Å². The lowest BCUT2D eigenvalue weighted by molar-refractivity contribution is 0.211. The molecule has 2 nitrogen and oxygen atoms in total. The zero-order valence-electron chi connectivity index (χ0n) is 12.7. The Hall–Kier alpha value is -0.0800. The molecule has 0 spiro atoms. The maximum atomic E-state index is 5.63. The van der Waals surface area contributed by atoms with Crippen molar-refractivity contribution < 1.29 is 0 Å². The first kappa shape index (κ1) is 16.9. The number of nitrogens with zero attached hydrogens (tertiary/aromatic N) is 1. The summed E-state index contributed by atoms with van der Waals surface area (Å²) in [4.78, 5) is 2.64. The van der Waals surface area contributed by atoms with Crippen LogP contribution in [0.1, 0.15) is 53.9 Å². The van der Waals surface area contributed by atoms with Crippen molar-refractivity contribution >= 4 is 0 Å². The van der Waals surface area contributed by atoms with E-state index in [1.807, 2.05) is 0 Å². The van der Waals surface area contributed by atoms with Crippen molar-refractivity contribution in [3.63, 3.8) is 0 Å². The fourth-order valence-electron chi connectivity index (χ4n) is 1.99. The molecule has 1 atom stereocenters. The van der Waals surface area contributed by atoms with Crippen molar-refractivity contribution in [3.05, 3.63) is 0 Å². The van der Waals surface area contributed by atoms with Gasteiger partial charge >= 0.3 is 0 Å². The van der Waals surface area contributed by atoms with Crippen LogP contribution in [0.4, 0.5) is 0 Å². The predicted octanol–water partition coefficient (Wildman–Crippen LogP) is 3.37. The number of hydrogen-bond acceptors (Lipinski definition) is 2. The number of rotatable bonds is 10. The summed E-state index contributed by atoms with van der Waals surface area (Å²) >= 11 is 0. The first-order valence-corrected chi connectivity index (χ1v) is 7.38. The van der Waals surface area contributed by atoms with Crippen LogP contribution in [0.15, 0.2) is 0 Å². The molecule has 0 rings (SSSR count). The third kappa shape index (κ3) is 10.8. The minimum absolute atomic E-state index is 0.735. The van der Waals surface area contributed by atoms with Gasteiger partial charge in [-0.3, -0.25) is 0 Å². The molecule has 0 aromatic carbocycles. The summed E-state index contributed by atoms with van der Waals surface area (Å²) in [6.45, 7) is 16.1. The molecule has 0 aliphatic heterocycles. The van der Waals surface area contributed by atoms with Crippen LogP contribution in [0.5, 0.6) is 0 Å². The van der Waals surface area contributed by atoms with Crippen LogP contribution in [0.2, 0.25) is 0 Å². The second-order valence-electron chi connectivity index (χ2n) is 6.35. The van der Waals surface area contributed by atoms with Gasteiger partial charge in [0.15, 0.2) is 0 Å². The number of nitrogens with two attached hydrogens (primary N) is 1. The third-order valence-electron chi connectivity index (χ3n) is 3.27. The van der Waals surface area contributed by atoms with Crippen LogP contribution in [0, 0.1) is 17.8 Å². The Labute approximate surface area is 109 Å². The van der Waals surface area contributed by atoms with E-state index in [9.17, 15) is 0 Å². The van der Waals surface area contributed by atoms with Gasteiger partial charge in [-0.2, -0.15) is 0 Å². The maximum absolute atomic E-state index is 5.63. The summed E-state index contributed by atoms with van der Waals surface area (Å²) in [6, 6.07) is 0. The molecular weight excluding hydrogens is 208 g/mol. The molecule has 0 aliphatic rings. The Kier molecular flexibility index (Phi) is 9.85. The molecule has 2 heteroatoms. The lowest BCUT2D eigenvalue weighted by Gasteiger charge is -2.27. The van der Waals surface area contributed by atoms with Gasteiger partial charge in [-0.25, -0.2) is 0 Å². The van der Waals surface area contributed by atoms with Crippen LogP contribution < -0.4 is 5.73 Å². The van der Waals surface area contributed by atoms with Crippen molar-refractivity contribution in [2.75, 3.05) is 26.2 Å². The van der Waals surface area contributed by atoms with Crippen molar-refractivity contribution in [3.8, 4) is 0 Å². The average molecular weight is 242 g/mol. The van der Waals surface area contributed by atoms with E-state index in [4.69, 9.17) is 5.73 Å². The van der Waals surface area contributed by atoms with Gasteiger partial charge in [0.25, 0.3) is 0 Å². The largest absolute Gasteiger partial charge is 0.330 e. The van der Waals surface area contributed by atoms with Gasteiger partial charge in [-0.1, -0.05) is 34.6 Å². The second-order valence-corrected chi connectivity index (χ2v) is 6.35. The summed E-state index contributed by atoms with van der Waals surface area (Å²) < 4.78 is 0. The average Bonchev–Trinajstić information content (AvgIpc) is 2.22. The quantitative estimate of drug-likeness (QED) is 0.636. The maximum Gasteiger partial charge on any atom is 0.000749 e. The lowest BCUT2D eigenvalue weighted by Crippen LogP contribution is -2.32. The Morgan fingerprint density at radius 3 is 1.65 bits per heavy atom. The van der Waals surface area contributed by atoms with Crippen molar-refractivity contribution in [2.45, 2.75) is 53.9 Å². The molecule has 17 heavy (non-hydrogen) atoms. The molecule has 1 unspecified atom stereocenters. The van der Waals surface area contributed by atoms with Gasteiger partial charge in [0.1, 0.15) is 0 Å². The fraction of sp³-hybridized carbons (Fsp3) is 1.00. The highest BCUT2D eigenvalue weighted by Crippen LogP contribution is 2.10. The molecular formula is C15H34N2. The Morgan fingerprint density at radius 2 is 1.29 bits per heavy atom. The molecule has 104 valence electrons. The van der Waals surface area contributed by atoms with Crippen molar-refractivity contribution in [2.24, 2.45) is 23.5 Å². The van der Waals surface area contributed by atoms with E-state index in [1.54, 1.807) is 0 Å². The highest BCUT2D eigenvalue weighted by Gasteiger charge is 2.11. The van der Waals surface area contributed by atoms with Crippen LogP contribution in [-0.4, -0.2) is 31.1 Å². The van der Waals surface area contributed by atoms with Gasteiger partial charge in [-0.05, 0) is 56.7 Å². The zero-order valence-corrected chi connectivity index (χ0v) is 12.7. The standard InChI is InChI=1S/C15H34N2/c1-13(2)7-10-17(11-8-14(3)4)12-15(5)6-9-16/h13-15H,6-12,16H2,1-5H3. The van der Waals surface area contributed by atoms with E-state index in [0.29, 0.717) is 0 Å². The van der Waals surface area contributed by atoms with E-state index in [0.717, 1.165) is 30.7 Å². The summed E-state index contributed by atoms with van der Waals surface area (Å²) in [5.41, 5.74) is 5.63. The summed E-state index contributed by atoms with van der Waals surface area (Å²) in [6.07, 6.45) is 3.78. The third-order valence-corrected chi connectivity index (χ3v) is 3.27. The molecule has 0 aromatic heterocycles. The second kappa shape index (κ2) is 9.90. The molecule has 0 aliphatic carbocycles. The zero-order chi connectivity index (χ0) is 13.3. The molecule has 0 heterocycles. The van der Waals surface area contributed by atoms with Crippen molar-refractivity contribution in [1.82, 2.24) is 4.90 Å². The van der Waals surface area contributed by atoms with Gasteiger partial charge in [0, 0.05) is 6.54 Å². The van der Waals surface area contributed by atoms with Crippen LogP contribution >= 0.6 is 0 Å². The molecule has 0 bridgehead atoms. The predicted molar refractivity (Wildman–Crippen MR) is 78.2 cm³/mol. The van der Waals surface area contributed by atoms with E-state index in [1.165, 1.54) is 32.5 Å². The SMILES string of the molecule is CC(C)CCN(CCC(C)C)CC(C)CCN. The highest BCUT2D eigenvalue weighted by molar-refractivity contribution is 4.65. The molecule has 2 N–H and O–H groups in total. The van der Waals surface area contributed by atoms with Crippen molar-refractivity contribution in [1.29, 1.82) is 0 Å². The molecule has 0 amide bonds. The van der Waals surface area contributed by atoms with Gasteiger partial charge in [-0.15, -0.1) is 0 Å². The molecule has 0 fully saturated rings.